The average molecular weight is 217 g/mol. The van der Waals surface area contributed by atoms with E-state index >= 15 is 0 Å². The zero-order valence-corrected chi connectivity index (χ0v) is 9.65. The van der Waals surface area contributed by atoms with Crippen LogP contribution in [0.1, 0.15) is 68.3 Å². The maximum Gasteiger partial charge on any atom is 0.134 e. The fourth-order valence-electron chi connectivity index (χ4n) is 2.79. The molecule has 0 amide bonds. The van der Waals surface area contributed by atoms with Crippen molar-refractivity contribution < 1.29 is 0 Å². The van der Waals surface area contributed by atoms with Gasteiger partial charge in [-0.25, -0.2) is 9.97 Å². The highest BCUT2D eigenvalue weighted by Crippen LogP contribution is 2.37. The highest BCUT2D eigenvalue weighted by Gasteiger charge is 2.25. The number of rotatable bonds is 2. The highest BCUT2D eigenvalue weighted by molar-refractivity contribution is 5.32. The van der Waals surface area contributed by atoms with Gasteiger partial charge in [-0.1, -0.05) is 19.3 Å². The molecule has 3 heteroatoms. The number of hydrogen-bond donors (Lipinski definition) is 1. The number of anilines is 1. The van der Waals surface area contributed by atoms with E-state index in [-0.39, 0.29) is 0 Å². The summed E-state index contributed by atoms with van der Waals surface area (Å²) in [6.45, 7) is 0. The largest absolute Gasteiger partial charge is 0.384 e. The smallest absolute Gasteiger partial charge is 0.134 e. The number of nitrogens with zero attached hydrogens (tertiary/aromatic N) is 2. The van der Waals surface area contributed by atoms with Gasteiger partial charge in [0, 0.05) is 23.6 Å². The number of aromatic nitrogens is 2. The summed E-state index contributed by atoms with van der Waals surface area (Å²) in [5.41, 5.74) is 7.09. The van der Waals surface area contributed by atoms with Crippen molar-refractivity contribution in [2.45, 2.75) is 56.8 Å². The summed E-state index contributed by atoms with van der Waals surface area (Å²) in [6, 6.07) is 1.98. The number of nitrogens with two attached hydrogens (primary N) is 1. The van der Waals surface area contributed by atoms with E-state index in [1.165, 1.54) is 50.6 Å². The van der Waals surface area contributed by atoms with E-state index in [9.17, 15) is 0 Å². The van der Waals surface area contributed by atoms with Gasteiger partial charge in [0.15, 0.2) is 0 Å². The van der Waals surface area contributed by atoms with Gasteiger partial charge in [-0.2, -0.15) is 0 Å². The van der Waals surface area contributed by atoms with Crippen molar-refractivity contribution in [1.82, 2.24) is 9.97 Å². The average Bonchev–Trinajstić information content (AvgIpc) is 2.66. The Morgan fingerprint density at radius 1 is 0.938 bits per heavy atom. The van der Waals surface area contributed by atoms with Gasteiger partial charge < -0.3 is 5.73 Å². The maximum atomic E-state index is 5.89. The van der Waals surface area contributed by atoms with Gasteiger partial charge in [0.25, 0.3) is 0 Å². The van der Waals surface area contributed by atoms with Gasteiger partial charge in [-0.3, -0.25) is 0 Å². The second-order valence-electron chi connectivity index (χ2n) is 5.19. The lowest BCUT2D eigenvalue weighted by Gasteiger charge is -2.24. The molecule has 0 unspecified atom stereocenters. The lowest BCUT2D eigenvalue weighted by atomic mass is 9.84. The Morgan fingerprint density at radius 3 is 2.25 bits per heavy atom. The molecule has 0 spiro atoms. The van der Waals surface area contributed by atoms with E-state index in [2.05, 4.69) is 4.98 Å². The molecule has 3 nitrogen and oxygen atoms in total. The van der Waals surface area contributed by atoms with Crippen LogP contribution in [0, 0.1) is 0 Å². The molecule has 1 aromatic heterocycles. The molecule has 0 saturated heterocycles. The van der Waals surface area contributed by atoms with Crippen molar-refractivity contribution in [2.75, 3.05) is 5.73 Å². The van der Waals surface area contributed by atoms with Gasteiger partial charge in [0.2, 0.25) is 0 Å². The summed E-state index contributed by atoms with van der Waals surface area (Å²) < 4.78 is 0. The maximum absolute atomic E-state index is 5.89. The van der Waals surface area contributed by atoms with Gasteiger partial charge in [0.05, 0.1) is 0 Å². The first kappa shape index (κ1) is 10.1. The molecule has 16 heavy (non-hydrogen) atoms. The molecule has 0 atom stereocenters. The molecule has 0 aliphatic heterocycles. The van der Waals surface area contributed by atoms with Crippen LogP contribution in [0.15, 0.2) is 6.07 Å². The van der Waals surface area contributed by atoms with E-state index in [0.29, 0.717) is 17.7 Å². The lowest BCUT2D eigenvalue weighted by Crippen LogP contribution is -2.15. The molecule has 0 radical (unpaired) electrons. The Balaban J connectivity index is 1.88. The Morgan fingerprint density at radius 2 is 1.62 bits per heavy atom. The molecule has 0 aromatic carbocycles. The van der Waals surface area contributed by atoms with Crippen LogP contribution >= 0.6 is 0 Å². The van der Waals surface area contributed by atoms with Crippen LogP contribution in [0.3, 0.4) is 0 Å². The molecule has 3 rings (SSSR count). The van der Waals surface area contributed by atoms with Crippen LogP contribution in [-0.4, -0.2) is 9.97 Å². The number of nitrogen functional groups attached to an aromatic ring is 1. The molecule has 1 heterocycles. The van der Waals surface area contributed by atoms with Crippen LogP contribution in [0.4, 0.5) is 5.82 Å². The molecule has 0 bridgehead atoms. The SMILES string of the molecule is Nc1cc(C2CCCC2)nc(C2CCC2)n1. The molecule has 1 aromatic rings. The second kappa shape index (κ2) is 4.04. The van der Waals surface area contributed by atoms with E-state index in [1.54, 1.807) is 0 Å². The van der Waals surface area contributed by atoms with Crippen LogP contribution in [0.2, 0.25) is 0 Å². The lowest BCUT2D eigenvalue weighted by molar-refractivity contribution is 0.400. The van der Waals surface area contributed by atoms with E-state index in [1.807, 2.05) is 6.07 Å². The third kappa shape index (κ3) is 1.79. The minimum absolute atomic E-state index is 0.587. The summed E-state index contributed by atoms with van der Waals surface area (Å²) >= 11 is 0. The zero-order valence-electron chi connectivity index (χ0n) is 9.65. The predicted molar refractivity (Wildman–Crippen MR) is 64.2 cm³/mol. The molecule has 86 valence electrons. The van der Waals surface area contributed by atoms with E-state index < -0.39 is 0 Å². The van der Waals surface area contributed by atoms with Crippen molar-refractivity contribution in [3.63, 3.8) is 0 Å². The normalized spacial score (nSPS) is 22.2. The minimum atomic E-state index is 0.587. The van der Waals surface area contributed by atoms with Crippen molar-refractivity contribution in [3.05, 3.63) is 17.6 Å². The van der Waals surface area contributed by atoms with Crippen LogP contribution in [-0.2, 0) is 0 Å². The summed E-state index contributed by atoms with van der Waals surface area (Å²) in [5, 5.41) is 0. The summed E-state index contributed by atoms with van der Waals surface area (Å²) in [4.78, 5) is 9.14. The second-order valence-corrected chi connectivity index (χ2v) is 5.19. The van der Waals surface area contributed by atoms with Crippen LogP contribution < -0.4 is 5.73 Å². The van der Waals surface area contributed by atoms with Gasteiger partial charge >= 0.3 is 0 Å². The third-order valence-electron chi connectivity index (χ3n) is 4.03. The van der Waals surface area contributed by atoms with E-state index in [4.69, 9.17) is 10.7 Å². The molecule has 2 aliphatic rings. The van der Waals surface area contributed by atoms with Crippen LogP contribution in [0.25, 0.3) is 0 Å². The fraction of sp³-hybridized carbons (Fsp3) is 0.692. The Bertz CT molecular complexity index is 379. The van der Waals surface area contributed by atoms with Gasteiger partial charge in [0.1, 0.15) is 11.6 Å². The first-order valence-electron chi connectivity index (χ1n) is 6.47. The minimum Gasteiger partial charge on any atom is -0.384 e. The quantitative estimate of drug-likeness (QED) is 0.828. The molecule has 2 saturated carbocycles. The van der Waals surface area contributed by atoms with Crippen molar-refractivity contribution >= 4 is 5.82 Å². The number of hydrogen-bond acceptors (Lipinski definition) is 3. The summed E-state index contributed by atoms with van der Waals surface area (Å²) in [5.74, 6) is 2.90. The molecule has 2 aliphatic carbocycles. The first-order chi connectivity index (χ1) is 7.83. The van der Waals surface area contributed by atoms with Gasteiger partial charge in [-0.05, 0) is 25.7 Å². The van der Waals surface area contributed by atoms with Crippen molar-refractivity contribution in [2.24, 2.45) is 0 Å². The first-order valence-corrected chi connectivity index (χ1v) is 6.47. The standard InChI is InChI=1S/C13H19N3/c14-12-8-11(9-4-1-2-5-9)15-13(16-12)10-6-3-7-10/h8-10H,1-7H2,(H2,14,15,16). The van der Waals surface area contributed by atoms with Crippen molar-refractivity contribution in [1.29, 1.82) is 0 Å². The molecular weight excluding hydrogens is 198 g/mol. The van der Waals surface area contributed by atoms with Crippen molar-refractivity contribution in [3.8, 4) is 0 Å². The molecule has 2 N–H and O–H groups in total. The monoisotopic (exact) mass is 217 g/mol. The topological polar surface area (TPSA) is 51.8 Å². The Kier molecular flexibility index (Phi) is 2.54. The third-order valence-corrected chi connectivity index (χ3v) is 4.03. The fourth-order valence-corrected chi connectivity index (χ4v) is 2.79. The Hall–Kier alpha value is -1.12. The molecule has 2 fully saturated rings. The molecular formula is C13H19N3. The zero-order chi connectivity index (χ0) is 11.0. The van der Waals surface area contributed by atoms with Crippen LogP contribution in [0.5, 0.6) is 0 Å². The highest BCUT2D eigenvalue weighted by atomic mass is 15.0. The Labute approximate surface area is 96.5 Å². The van der Waals surface area contributed by atoms with Gasteiger partial charge in [-0.15, -0.1) is 0 Å². The summed E-state index contributed by atoms with van der Waals surface area (Å²) in [6.07, 6.45) is 9.05. The summed E-state index contributed by atoms with van der Waals surface area (Å²) in [7, 11) is 0. The van der Waals surface area contributed by atoms with E-state index in [0.717, 1.165) is 5.82 Å². The predicted octanol–water partition coefficient (Wildman–Crippen LogP) is 2.98.